The number of benzene rings is 1. The minimum absolute atomic E-state index is 0.0123. The molecule has 0 saturated carbocycles. The van der Waals surface area contributed by atoms with Crippen molar-refractivity contribution >= 4 is 17.6 Å². The van der Waals surface area contributed by atoms with Crippen LogP contribution >= 0.6 is 0 Å². The number of ether oxygens (including phenoxy) is 2. The molecule has 8 heteroatoms. The van der Waals surface area contributed by atoms with E-state index >= 15 is 0 Å². The number of hydrogen-bond donors (Lipinski definition) is 0. The molecule has 32 heavy (non-hydrogen) atoms. The summed E-state index contributed by atoms with van der Waals surface area (Å²) in [7, 11) is 3.16. The van der Waals surface area contributed by atoms with Crippen LogP contribution < -0.4 is 9.64 Å². The van der Waals surface area contributed by atoms with Gasteiger partial charge >= 0.3 is 0 Å². The van der Waals surface area contributed by atoms with Crippen molar-refractivity contribution in [1.82, 2.24) is 14.9 Å². The van der Waals surface area contributed by atoms with E-state index in [4.69, 9.17) is 19.4 Å². The lowest BCUT2D eigenvalue weighted by Crippen LogP contribution is -2.41. The molecule has 170 valence electrons. The summed E-state index contributed by atoms with van der Waals surface area (Å²) in [5.41, 5.74) is 2.92. The smallest absolute Gasteiger partial charge is 0.248 e. The molecular formula is C24H30N4O4. The summed E-state index contributed by atoms with van der Waals surface area (Å²) >= 11 is 0. The number of rotatable bonds is 6. The quantitative estimate of drug-likeness (QED) is 0.689. The predicted molar refractivity (Wildman–Crippen MR) is 120 cm³/mol. The number of anilines is 1. The molecule has 1 aromatic heterocycles. The Morgan fingerprint density at radius 2 is 2.06 bits per heavy atom. The van der Waals surface area contributed by atoms with Gasteiger partial charge < -0.3 is 14.4 Å². The molecule has 1 fully saturated rings. The van der Waals surface area contributed by atoms with Crippen molar-refractivity contribution in [1.29, 1.82) is 0 Å². The Hall–Kier alpha value is -3.00. The van der Waals surface area contributed by atoms with Gasteiger partial charge in [-0.25, -0.2) is 9.97 Å². The van der Waals surface area contributed by atoms with Crippen molar-refractivity contribution in [3.8, 4) is 5.75 Å². The monoisotopic (exact) mass is 438 g/mol. The van der Waals surface area contributed by atoms with E-state index in [0.29, 0.717) is 37.6 Å². The van der Waals surface area contributed by atoms with Crippen molar-refractivity contribution in [2.45, 2.75) is 45.1 Å². The van der Waals surface area contributed by atoms with E-state index in [1.165, 1.54) is 7.11 Å². The molecule has 0 N–H and O–H groups in total. The van der Waals surface area contributed by atoms with Gasteiger partial charge in [0.1, 0.15) is 24.0 Å². The highest BCUT2D eigenvalue weighted by atomic mass is 16.5. The number of carbonyl (C=O) groups is 2. The number of methoxy groups -OCH3 is 2. The Labute approximate surface area is 188 Å². The minimum atomic E-state index is -0.0123. The first-order chi connectivity index (χ1) is 15.5. The zero-order valence-electron chi connectivity index (χ0n) is 19.0. The Balaban J connectivity index is 1.63. The third-order valence-electron chi connectivity index (χ3n) is 6.24. The largest absolute Gasteiger partial charge is 0.497 e. The highest BCUT2D eigenvalue weighted by Gasteiger charge is 2.31. The van der Waals surface area contributed by atoms with E-state index in [-0.39, 0.29) is 24.3 Å². The second kappa shape index (κ2) is 9.65. The molecule has 8 nitrogen and oxygen atoms in total. The Morgan fingerprint density at radius 3 is 2.84 bits per heavy atom. The number of aryl methyl sites for hydroxylation is 1. The first-order valence-corrected chi connectivity index (χ1v) is 11.1. The maximum atomic E-state index is 12.9. The lowest BCUT2D eigenvalue weighted by Gasteiger charge is -2.34. The van der Waals surface area contributed by atoms with Crippen LogP contribution in [0.4, 0.5) is 5.82 Å². The van der Waals surface area contributed by atoms with E-state index in [9.17, 15) is 9.59 Å². The molecule has 2 aliphatic rings. The number of nitrogens with zero attached hydrogens (tertiary/aromatic N) is 4. The third kappa shape index (κ3) is 4.60. The number of aromatic nitrogens is 2. The summed E-state index contributed by atoms with van der Waals surface area (Å²) < 4.78 is 10.3. The van der Waals surface area contributed by atoms with Gasteiger partial charge in [-0.2, -0.15) is 0 Å². The van der Waals surface area contributed by atoms with Crippen molar-refractivity contribution < 1.29 is 19.1 Å². The number of amides is 2. The molecule has 1 aromatic carbocycles. The molecule has 3 heterocycles. The van der Waals surface area contributed by atoms with Gasteiger partial charge in [-0.1, -0.05) is 12.1 Å². The van der Waals surface area contributed by atoms with Crippen molar-refractivity contribution in [3.63, 3.8) is 0 Å². The number of fused-ring (bicyclic) bond motifs is 1. The average Bonchev–Trinajstić information content (AvgIpc) is 2.81. The van der Waals surface area contributed by atoms with Gasteiger partial charge in [0.25, 0.3) is 0 Å². The molecule has 1 saturated heterocycles. The molecule has 2 aliphatic heterocycles. The van der Waals surface area contributed by atoms with Crippen LogP contribution in [-0.4, -0.2) is 60.6 Å². The number of hydrogen-bond acceptors (Lipinski definition) is 6. The van der Waals surface area contributed by atoms with Crippen LogP contribution in [0, 0.1) is 6.92 Å². The van der Waals surface area contributed by atoms with Gasteiger partial charge in [-0.15, -0.1) is 0 Å². The second-order valence-electron chi connectivity index (χ2n) is 8.41. The van der Waals surface area contributed by atoms with Crippen molar-refractivity contribution in [3.05, 3.63) is 46.9 Å². The molecule has 0 unspecified atom stereocenters. The fourth-order valence-electron chi connectivity index (χ4n) is 4.53. The van der Waals surface area contributed by atoms with E-state index in [1.54, 1.807) is 12.0 Å². The van der Waals surface area contributed by atoms with Crippen LogP contribution in [0.5, 0.6) is 5.75 Å². The zero-order chi connectivity index (χ0) is 22.7. The molecule has 0 radical (unpaired) electrons. The fourth-order valence-corrected chi connectivity index (χ4v) is 4.53. The van der Waals surface area contributed by atoms with Crippen molar-refractivity contribution in [2.75, 3.05) is 38.8 Å². The summed E-state index contributed by atoms with van der Waals surface area (Å²) in [5.74, 6) is 2.26. The standard InChI is InChI=1S/C24H30N4O4/c1-16-20-9-10-21(29)28(13-17-6-4-8-19(12-17)32-3)24(20)26-23(25-16)18-7-5-11-27(14-18)22(30)15-31-2/h4,6,8,12,18H,5,7,9-11,13-15H2,1-3H3/t18-/m0/s1. The molecule has 4 rings (SSSR count). The normalized spacial score (nSPS) is 18.5. The lowest BCUT2D eigenvalue weighted by atomic mass is 9.95. The van der Waals surface area contributed by atoms with Crippen LogP contribution in [0.3, 0.4) is 0 Å². The van der Waals surface area contributed by atoms with Gasteiger partial charge in [0, 0.05) is 43.8 Å². The van der Waals surface area contributed by atoms with Gasteiger partial charge in [0.2, 0.25) is 11.8 Å². The van der Waals surface area contributed by atoms with Crippen LogP contribution in [0.15, 0.2) is 24.3 Å². The Morgan fingerprint density at radius 1 is 1.22 bits per heavy atom. The molecule has 0 bridgehead atoms. The fraction of sp³-hybridized carbons (Fsp3) is 0.500. The molecule has 0 spiro atoms. The highest BCUT2D eigenvalue weighted by molar-refractivity contribution is 5.95. The third-order valence-corrected chi connectivity index (χ3v) is 6.24. The summed E-state index contributed by atoms with van der Waals surface area (Å²) in [6, 6.07) is 7.74. The highest BCUT2D eigenvalue weighted by Crippen LogP contribution is 2.33. The van der Waals surface area contributed by atoms with Gasteiger partial charge in [0.15, 0.2) is 0 Å². The lowest BCUT2D eigenvalue weighted by molar-refractivity contribution is -0.136. The van der Waals surface area contributed by atoms with Crippen LogP contribution in [0.2, 0.25) is 0 Å². The zero-order valence-corrected chi connectivity index (χ0v) is 19.0. The van der Waals surface area contributed by atoms with E-state index < -0.39 is 0 Å². The minimum Gasteiger partial charge on any atom is -0.497 e. The topological polar surface area (TPSA) is 84.9 Å². The predicted octanol–water partition coefficient (Wildman–Crippen LogP) is 2.63. The number of piperidine rings is 1. The Kier molecular flexibility index (Phi) is 6.69. The summed E-state index contributed by atoms with van der Waals surface area (Å²) in [4.78, 5) is 38.5. The van der Waals surface area contributed by atoms with Gasteiger partial charge in [-0.05, 0) is 43.9 Å². The van der Waals surface area contributed by atoms with E-state index in [1.807, 2.05) is 36.1 Å². The number of carbonyl (C=O) groups excluding carboxylic acids is 2. The van der Waals surface area contributed by atoms with Crippen LogP contribution in [0.25, 0.3) is 0 Å². The molecule has 0 aliphatic carbocycles. The molecule has 2 aromatic rings. The molecule has 2 amide bonds. The number of likely N-dealkylation sites (tertiary alicyclic amines) is 1. The first kappa shape index (κ1) is 22.2. The maximum absolute atomic E-state index is 12.9. The van der Waals surface area contributed by atoms with E-state index in [2.05, 4.69) is 0 Å². The van der Waals surface area contributed by atoms with Gasteiger partial charge in [-0.3, -0.25) is 14.5 Å². The first-order valence-electron chi connectivity index (χ1n) is 11.1. The van der Waals surface area contributed by atoms with Crippen LogP contribution in [0.1, 0.15) is 47.8 Å². The average molecular weight is 439 g/mol. The van der Waals surface area contributed by atoms with Crippen LogP contribution in [-0.2, 0) is 27.3 Å². The second-order valence-corrected chi connectivity index (χ2v) is 8.41. The van der Waals surface area contributed by atoms with Gasteiger partial charge in [0.05, 0.1) is 13.7 Å². The van der Waals surface area contributed by atoms with E-state index in [0.717, 1.165) is 42.0 Å². The molecule has 1 atom stereocenters. The molecular weight excluding hydrogens is 408 g/mol. The summed E-state index contributed by atoms with van der Waals surface area (Å²) in [5, 5.41) is 0. The van der Waals surface area contributed by atoms with Crippen molar-refractivity contribution in [2.24, 2.45) is 0 Å². The maximum Gasteiger partial charge on any atom is 0.248 e. The SMILES string of the molecule is COCC(=O)N1CCC[C@H](c2nc(C)c3c(n2)N(Cc2cccc(OC)c2)C(=O)CC3)C1. The Bertz CT molecular complexity index is 1010. The summed E-state index contributed by atoms with van der Waals surface area (Å²) in [6.45, 7) is 3.80. The summed E-state index contributed by atoms with van der Waals surface area (Å²) in [6.07, 6.45) is 2.91.